The molecule has 5 heteroatoms. The molecule has 0 saturated carbocycles. The number of carbonyl (C=O) groups is 1. The van der Waals surface area contributed by atoms with Crippen LogP contribution >= 0.6 is 0 Å². The smallest absolute Gasteiger partial charge is 0.254 e. The predicted octanol–water partition coefficient (Wildman–Crippen LogP) is 0.597. The molecule has 0 aromatic carbocycles. The highest BCUT2D eigenvalue weighted by atomic mass is 19.1. The normalized spacial score (nSPS) is 9.86. The van der Waals surface area contributed by atoms with Crippen LogP contribution in [0.3, 0.4) is 0 Å². The summed E-state index contributed by atoms with van der Waals surface area (Å²) in [6.07, 6.45) is 2.37. The summed E-state index contributed by atoms with van der Waals surface area (Å²) in [5, 5.41) is 2.51. The van der Waals surface area contributed by atoms with Crippen LogP contribution in [-0.2, 0) is 4.74 Å². The summed E-state index contributed by atoms with van der Waals surface area (Å²) in [6.45, 7) is 0.759. The molecule has 1 aromatic heterocycles. The molecular formula is C9H11FN2O2. The van der Waals surface area contributed by atoms with E-state index in [9.17, 15) is 9.18 Å². The van der Waals surface area contributed by atoms with Crippen LogP contribution in [0.1, 0.15) is 10.4 Å². The number of nitrogens with one attached hydrogen (secondary N) is 1. The molecule has 4 nitrogen and oxygen atoms in total. The highest BCUT2D eigenvalue weighted by Crippen LogP contribution is 2.03. The van der Waals surface area contributed by atoms with Crippen molar-refractivity contribution in [3.05, 3.63) is 29.8 Å². The molecule has 0 aliphatic carbocycles. The molecule has 1 rings (SSSR count). The number of aromatic nitrogens is 1. The largest absolute Gasteiger partial charge is 0.383 e. The Hall–Kier alpha value is -1.49. The number of hydrogen-bond donors (Lipinski definition) is 1. The molecule has 1 amide bonds. The summed E-state index contributed by atoms with van der Waals surface area (Å²) in [7, 11) is 1.53. The Morgan fingerprint density at radius 1 is 1.71 bits per heavy atom. The maximum absolute atomic E-state index is 13.0. The van der Waals surface area contributed by atoms with Crippen molar-refractivity contribution >= 4 is 5.91 Å². The number of pyridine rings is 1. The van der Waals surface area contributed by atoms with Crippen molar-refractivity contribution in [1.82, 2.24) is 10.3 Å². The minimum absolute atomic E-state index is 0.00361. The number of methoxy groups -OCH3 is 1. The van der Waals surface area contributed by atoms with E-state index in [4.69, 9.17) is 4.74 Å². The Morgan fingerprint density at radius 2 is 2.50 bits per heavy atom. The summed E-state index contributed by atoms with van der Waals surface area (Å²) < 4.78 is 17.7. The molecule has 1 N–H and O–H groups in total. The number of nitrogens with zero attached hydrogens (tertiary/aromatic N) is 1. The van der Waals surface area contributed by atoms with Gasteiger partial charge in [-0.1, -0.05) is 0 Å². The van der Waals surface area contributed by atoms with E-state index < -0.39 is 11.7 Å². The van der Waals surface area contributed by atoms with Crippen molar-refractivity contribution in [2.45, 2.75) is 0 Å². The zero-order valence-corrected chi connectivity index (χ0v) is 7.79. The molecule has 0 aliphatic rings. The maximum Gasteiger partial charge on any atom is 0.254 e. The third kappa shape index (κ3) is 2.77. The highest BCUT2D eigenvalue weighted by Gasteiger charge is 2.09. The summed E-state index contributed by atoms with van der Waals surface area (Å²) in [6, 6.07) is 1.33. The van der Waals surface area contributed by atoms with Gasteiger partial charge in [-0.3, -0.25) is 9.78 Å². The first kappa shape index (κ1) is 10.6. The van der Waals surface area contributed by atoms with Crippen LogP contribution in [0.4, 0.5) is 4.39 Å². The van der Waals surface area contributed by atoms with Crippen LogP contribution in [0.2, 0.25) is 0 Å². The highest BCUT2D eigenvalue weighted by molar-refractivity contribution is 5.94. The van der Waals surface area contributed by atoms with Gasteiger partial charge in [0.1, 0.15) is 0 Å². The van der Waals surface area contributed by atoms with Gasteiger partial charge in [-0.25, -0.2) is 4.39 Å². The number of hydrogen-bond acceptors (Lipinski definition) is 3. The van der Waals surface area contributed by atoms with Gasteiger partial charge in [0, 0.05) is 19.9 Å². The van der Waals surface area contributed by atoms with Crippen molar-refractivity contribution in [2.75, 3.05) is 20.3 Å². The van der Waals surface area contributed by atoms with Crippen molar-refractivity contribution in [1.29, 1.82) is 0 Å². The number of ether oxygens (including phenoxy) is 1. The molecule has 0 aliphatic heterocycles. The Kier molecular flexibility index (Phi) is 4.00. The first-order chi connectivity index (χ1) is 6.75. The molecule has 0 radical (unpaired) electrons. The third-order valence-electron chi connectivity index (χ3n) is 1.61. The summed E-state index contributed by atoms with van der Waals surface area (Å²) >= 11 is 0. The van der Waals surface area contributed by atoms with Crippen molar-refractivity contribution in [3.8, 4) is 0 Å². The van der Waals surface area contributed by atoms with E-state index in [-0.39, 0.29) is 5.56 Å². The second-order valence-corrected chi connectivity index (χ2v) is 2.60. The fourth-order valence-corrected chi connectivity index (χ4v) is 0.921. The molecule has 1 heterocycles. The zero-order chi connectivity index (χ0) is 10.4. The van der Waals surface area contributed by atoms with E-state index in [2.05, 4.69) is 10.3 Å². The predicted molar refractivity (Wildman–Crippen MR) is 48.4 cm³/mol. The molecule has 0 bridgehead atoms. The SMILES string of the molecule is COCCNC(=O)c1ccncc1F. The number of amides is 1. The fraction of sp³-hybridized carbons (Fsp3) is 0.333. The quantitative estimate of drug-likeness (QED) is 0.720. The lowest BCUT2D eigenvalue weighted by atomic mass is 10.2. The maximum atomic E-state index is 13.0. The van der Waals surface area contributed by atoms with Crippen molar-refractivity contribution in [3.63, 3.8) is 0 Å². The molecule has 1 aromatic rings. The zero-order valence-electron chi connectivity index (χ0n) is 7.79. The lowest BCUT2D eigenvalue weighted by Crippen LogP contribution is -2.27. The van der Waals surface area contributed by atoms with Crippen LogP contribution < -0.4 is 5.32 Å². The first-order valence-electron chi connectivity index (χ1n) is 4.12. The Balaban J connectivity index is 2.56. The third-order valence-corrected chi connectivity index (χ3v) is 1.61. The van der Waals surface area contributed by atoms with Gasteiger partial charge in [0.05, 0.1) is 18.4 Å². The lowest BCUT2D eigenvalue weighted by Gasteiger charge is -2.04. The topological polar surface area (TPSA) is 51.2 Å². The Labute approximate surface area is 81.1 Å². The second-order valence-electron chi connectivity index (χ2n) is 2.60. The van der Waals surface area contributed by atoms with Gasteiger partial charge in [0.15, 0.2) is 5.82 Å². The molecule has 0 unspecified atom stereocenters. The van der Waals surface area contributed by atoms with Crippen LogP contribution in [0, 0.1) is 5.82 Å². The van der Waals surface area contributed by atoms with Crippen molar-refractivity contribution < 1.29 is 13.9 Å². The average molecular weight is 198 g/mol. The molecular weight excluding hydrogens is 187 g/mol. The van der Waals surface area contributed by atoms with E-state index in [1.165, 1.54) is 19.4 Å². The minimum atomic E-state index is -0.623. The standard InChI is InChI=1S/C9H11FN2O2/c1-14-5-4-12-9(13)7-2-3-11-6-8(7)10/h2-3,6H,4-5H2,1H3,(H,12,13). The minimum Gasteiger partial charge on any atom is -0.383 e. The van der Waals surface area contributed by atoms with Gasteiger partial charge in [-0.15, -0.1) is 0 Å². The summed E-state index contributed by atoms with van der Waals surface area (Å²) in [5.41, 5.74) is -0.00361. The van der Waals surface area contributed by atoms with Crippen LogP contribution in [-0.4, -0.2) is 31.2 Å². The van der Waals surface area contributed by atoms with Crippen LogP contribution in [0.25, 0.3) is 0 Å². The molecule has 76 valence electrons. The van der Waals surface area contributed by atoms with Crippen LogP contribution in [0.15, 0.2) is 18.5 Å². The molecule has 0 fully saturated rings. The first-order valence-corrected chi connectivity index (χ1v) is 4.12. The van der Waals surface area contributed by atoms with Crippen molar-refractivity contribution in [2.24, 2.45) is 0 Å². The number of carbonyl (C=O) groups excluding carboxylic acids is 1. The van der Waals surface area contributed by atoms with E-state index in [1.807, 2.05) is 0 Å². The van der Waals surface area contributed by atoms with E-state index in [1.54, 1.807) is 0 Å². The van der Waals surface area contributed by atoms with E-state index in [0.717, 1.165) is 6.20 Å². The molecule has 0 atom stereocenters. The lowest BCUT2D eigenvalue weighted by molar-refractivity contribution is 0.0933. The number of halogens is 1. The molecule has 14 heavy (non-hydrogen) atoms. The van der Waals surface area contributed by atoms with E-state index >= 15 is 0 Å². The van der Waals surface area contributed by atoms with Gasteiger partial charge in [-0.2, -0.15) is 0 Å². The summed E-state index contributed by atoms with van der Waals surface area (Å²) in [5.74, 6) is -1.08. The monoisotopic (exact) mass is 198 g/mol. The molecule has 0 saturated heterocycles. The van der Waals surface area contributed by atoms with Gasteiger partial charge in [0.2, 0.25) is 0 Å². The Morgan fingerprint density at radius 3 is 3.14 bits per heavy atom. The van der Waals surface area contributed by atoms with Crippen LogP contribution in [0.5, 0.6) is 0 Å². The fourth-order valence-electron chi connectivity index (χ4n) is 0.921. The summed E-state index contributed by atoms with van der Waals surface area (Å²) in [4.78, 5) is 14.8. The molecule has 0 spiro atoms. The van der Waals surface area contributed by atoms with Gasteiger partial charge in [0.25, 0.3) is 5.91 Å². The van der Waals surface area contributed by atoms with Gasteiger partial charge in [-0.05, 0) is 6.07 Å². The Bertz CT molecular complexity index is 317. The van der Waals surface area contributed by atoms with E-state index in [0.29, 0.717) is 13.2 Å². The second kappa shape index (κ2) is 5.29. The van der Waals surface area contributed by atoms with Gasteiger partial charge < -0.3 is 10.1 Å². The average Bonchev–Trinajstić information content (AvgIpc) is 2.18. The van der Waals surface area contributed by atoms with Gasteiger partial charge >= 0.3 is 0 Å². The number of rotatable bonds is 4.